The maximum absolute atomic E-state index is 12.1. The summed E-state index contributed by atoms with van der Waals surface area (Å²) in [7, 11) is 1.72. The summed E-state index contributed by atoms with van der Waals surface area (Å²) in [6.45, 7) is 0. The number of para-hydroxylation sites is 1. The minimum absolute atomic E-state index is 0.120. The summed E-state index contributed by atoms with van der Waals surface area (Å²) >= 11 is 0. The summed E-state index contributed by atoms with van der Waals surface area (Å²) in [5, 5.41) is 4.33. The Bertz CT molecular complexity index is 620. The van der Waals surface area contributed by atoms with Crippen LogP contribution in [-0.2, 0) is 16.0 Å². The molecule has 21 heavy (non-hydrogen) atoms. The number of aromatic amines is 1. The minimum atomic E-state index is 0.120. The zero-order valence-electron chi connectivity index (χ0n) is 12.4. The van der Waals surface area contributed by atoms with E-state index in [0.29, 0.717) is 6.42 Å². The number of hydrogen-bond donors (Lipinski definition) is 2. The molecule has 1 aromatic carbocycles. The zero-order chi connectivity index (χ0) is 14.7. The molecule has 4 nitrogen and oxygen atoms in total. The Labute approximate surface area is 124 Å². The van der Waals surface area contributed by atoms with Gasteiger partial charge in [0.05, 0.1) is 12.1 Å². The molecule has 0 spiro atoms. The summed E-state index contributed by atoms with van der Waals surface area (Å²) < 4.78 is 5.41. The Morgan fingerprint density at radius 2 is 2.24 bits per heavy atom. The van der Waals surface area contributed by atoms with Gasteiger partial charge in [-0.25, -0.2) is 0 Å². The first kappa shape index (κ1) is 14.1. The molecule has 1 aliphatic rings. The fraction of sp³-hybridized carbons (Fsp3) is 0.471. The second-order valence-corrected chi connectivity index (χ2v) is 5.74. The maximum atomic E-state index is 12.1. The molecular weight excluding hydrogens is 264 g/mol. The minimum Gasteiger partial charge on any atom is -0.379 e. The van der Waals surface area contributed by atoms with Gasteiger partial charge >= 0.3 is 0 Å². The number of aromatic nitrogens is 1. The molecule has 0 aliphatic heterocycles. The van der Waals surface area contributed by atoms with Crippen LogP contribution in [0.15, 0.2) is 30.5 Å². The predicted octanol–water partition coefficient (Wildman–Crippen LogP) is 2.78. The lowest BCUT2D eigenvalue weighted by Crippen LogP contribution is -2.40. The largest absolute Gasteiger partial charge is 0.379 e. The van der Waals surface area contributed by atoms with Gasteiger partial charge in [-0.15, -0.1) is 0 Å². The van der Waals surface area contributed by atoms with Crippen molar-refractivity contribution in [2.45, 2.75) is 44.2 Å². The molecule has 0 saturated heterocycles. The molecule has 2 atom stereocenters. The number of aryl methyl sites for hydroxylation is 1. The molecule has 2 N–H and O–H groups in total. The molecule has 4 heteroatoms. The van der Waals surface area contributed by atoms with E-state index in [9.17, 15) is 4.79 Å². The Morgan fingerprint density at radius 3 is 3.10 bits per heavy atom. The van der Waals surface area contributed by atoms with Crippen molar-refractivity contribution in [1.82, 2.24) is 10.3 Å². The average molecular weight is 286 g/mol. The van der Waals surface area contributed by atoms with Gasteiger partial charge < -0.3 is 15.0 Å². The fourth-order valence-corrected chi connectivity index (χ4v) is 3.24. The van der Waals surface area contributed by atoms with Gasteiger partial charge in [0.15, 0.2) is 0 Å². The second-order valence-electron chi connectivity index (χ2n) is 5.74. The van der Waals surface area contributed by atoms with Crippen LogP contribution in [0.2, 0.25) is 0 Å². The van der Waals surface area contributed by atoms with Crippen LogP contribution in [0.1, 0.15) is 31.2 Å². The van der Waals surface area contributed by atoms with E-state index in [1.807, 2.05) is 18.3 Å². The highest BCUT2D eigenvalue weighted by molar-refractivity contribution is 5.84. The van der Waals surface area contributed by atoms with Crippen molar-refractivity contribution in [3.05, 3.63) is 36.0 Å². The van der Waals surface area contributed by atoms with Gasteiger partial charge in [-0.05, 0) is 37.3 Å². The van der Waals surface area contributed by atoms with E-state index in [0.717, 1.165) is 31.2 Å². The molecule has 1 fully saturated rings. The molecule has 3 rings (SSSR count). The van der Waals surface area contributed by atoms with Gasteiger partial charge in [0.2, 0.25) is 5.91 Å². The third-order valence-electron chi connectivity index (χ3n) is 4.40. The van der Waals surface area contributed by atoms with E-state index >= 15 is 0 Å². The summed E-state index contributed by atoms with van der Waals surface area (Å²) in [6.07, 6.45) is 6.68. The first-order valence-corrected chi connectivity index (χ1v) is 7.65. The molecule has 1 aromatic heterocycles. The standard InChI is InChI=1S/C17H22N2O2/c1-21-16-8-4-7-15(16)19-17(20)10-9-12-11-18-14-6-3-2-5-13(12)14/h2-3,5-6,11,15-16,18H,4,7-10H2,1H3,(H,19,20). The van der Waals surface area contributed by atoms with Crippen molar-refractivity contribution in [3.63, 3.8) is 0 Å². The van der Waals surface area contributed by atoms with Crippen LogP contribution in [0.4, 0.5) is 0 Å². The molecule has 112 valence electrons. The summed E-state index contributed by atoms with van der Waals surface area (Å²) in [5.74, 6) is 0.120. The highest BCUT2D eigenvalue weighted by atomic mass is 16.5. The highest BCUT2D eigenvalue weighted by Crippen LogP contribution is 2.22. The van der Waals surface area contributed by atoms with Crippen molar-refractivity contribution < 1.29 is 9.53 Å². The SMILES string of the molecule is COC1CCCC1NC(=O)CCc1c[nH]c2ccccc12. The van der Waals surface area contributed by atoms with Gasteiger partial charge in [0, 0.05) is 30.6 Å². The van der Waals surface area contributed by atoms with E-state index in [2.05, 4.69) is 22.4 Å². The quantitative estimate of drug-likeness (QED) is 0.888. The lowest BCUT2D eigenvalue weighted by molar-refractivity contribution is -0.122. The van der Waals surface area contributed by atoms with Crippen molar-refractivity contribution in [1.29, 1.82) is 0 Å². The Hall–Kier alpha value is -1.81. The number of hydrogen-bond acceptors (Lipinski definition) is 2. The number of carbonyl (C=O) groups is 1. The third-order valence-corrected chi connectivity index (χ3v) is 4.40. The molecule has 0 bridgehead atoms. The van der Waals surface area contributed by atoms with E-state index < -0.39 is 0 Å². The number of methoxy groups -OCH3 is 1. The maximum Gasteiger partial charge on any atom is 0.220 e. The molecule has 2 aromatic rings. The number of amides is 1. The number of nitrogens with one attached hydrogen (secondary N) is 2. The summed E-state index contributed by atoms with van der Waals surface area (Å²) in [4.78, 5) is 15.4. The first-order valence-electron chi connectivity index (χ1n) is 7.65. The summed E-state index contributed by atoms with van der Waals surface area (Å²) in [6, 6.07) is 8.38. The highest BCUT2D eigenvalue weighted by Gasteiger charge is 2.28. The zero-order valence-corrected chi connectivity index (χ0v) is 12.4. The number of rotatable bonds is 5. The van der Waals surface area contributed by atoms with Crippen LogP contribution in [0.25, 0.3) is 10.9 Å². The normalized spacial score (nSPS) is 21.8. The monoisotopic (exact) mass is 286 g/mol. The van der Waals surface area contributed by atoms with E-state index in [-0.39, 0.29) is 18.1 Å². The van der Waals surface area contributed by atoms with Gasteiger partial charge in [-0.1, -0.05) is 18.2 Å². The average Bonchev–Trinajstić information content (AvgIpc) is 3.11. The van der Waals surface area contributed by atoms with Crippen molar-refractivity contribution in [3.8, 4) is 0 Å². The Kier molecular flexibility index (Phi) is 4.25. The lowest BCUT2D eigenvalue weighted by Gasteiger charge is -2.19. The second kappa shape index (κ2) is 6.31. The number of carbonyl (C=O) groups excluding carboxylic acids is 1. The molecular formula is C17H22N2O2. The van der Waals surface area contributed by atoms with E-state index in [4.69, 9.17) is 4.74 Å². The Morgan fingerprint density at radius 1 is 1.38 bits per heavy atom. The van der Waals surface area contributed by atoms with Crippen molar-refractivity contribution in [2.24, 2.45) is 0 Å². The molecule has 1 saturated carbocycles. The Balaban J connectivity index is 1.56. The van der Waals surface area contributed by atoms with Crippen molar-refractivity contribution >= 4 is 16.8 Å². The van der Waals surface area contributed by atoms with Crippen LogP contribution in [0.5, 0.6) is 0 Å². The van der Waals surface area contributed by atoms with Crippen molar-refractivity contribution in [2.75, 3.05) is 7.11 Å². The number of H-pyrrole nitrogens is 1. The summed E-state index contributed by atoms with van der Waals surface area (Å²) in [5.41, 5.74) is 2.33. The van der Waals surface area contributed by atoms with Crippen LogP contribution < -0.4 is 5.32 Å². The molecule has 1 aliphatic carbocycles. The molecule has 1 heterocycles. The molecule has 0 radical (unpaired) electrons. The lowest BCUT2D eigenvalue weighted by atomic mass is 10.1. The van der Waals surface area contributed by atoms with Crippen LogP contribution in [0, 0.1) is 0 Å². The van der Waals surface area contributed by atoms with E-state index in [1.165, 1.54) is 10.9 Å². The first-order chi connectivity index (χ1) is 10.3. The fourth-order valence-electron chi connectivity index (χ4n) is 3.24. The van der Waals surface area contributed by atoms with Gasteiger partial charge in [0.1, 0.15) is 0 Å². The number of benzene rings is 1. The number of ether oxygens (including phenoxy) is 1. The van der Waals surface area contributed by atoms with Gasteiger partial charge in [-0.3, -0.25) is 4.79 Å². The predicted molar refractivity (Wildman–Crippen MR) is 83.2 cm³/mol. The molecule has 2 unspecified atom stereocenters. The van der Waals surface area contributed by atoms with Gasteiger partial charge in [0.25, 0.3) is 0 Å². The molecule has 1 amide bonds. The van der Waals surface area contributed by atoms with Crippen LogP contribution >= 0.6 is 0 Å². The number of fused-ring (bicyclic) bond motifs is 1. The van der Waals surface area contributed by atoms with Crippen LogP contribution in [-0.4, -0.2) is 30.1 Å². The smallest absolute Gasteiger partial charge is 0.220 e. The van der Waals surface area contributed by atoms with Gasteiger partial charge in [-0.2, -0.15) is 0 Å². The third kappa shape index (κ3) is 3.10. The van der Waals surface area contributed by atoms with E-state index in [1.54, 1.807) is 7.11 Å². The topological polar surface area (TPSA) is 54.1 Å². The van der Waals surface area contributed by atoms with Crippen LogP contribution in [0.3, 0.4) is 0 Å².